The minimum atomic E-state index is -1.01. The number of imide groups is 1. The SMILES string of the molecule is CC(C)C[C@@]1(c2ccccc2)NC(=O)N(CN(C)CCOc2ccccc2)C1=O. The molecule has 1 atom stereocenters. The lowest BCUT2D eigenvalue weighted by Crippen LogP contribution is -2.46. The maximum absolute atomic E-state index is 13.4. The van der Waals surface area contributed by atoms with Gasteiger partial charge in [0.15, 0.2) is 0 Å². The van der Waals surface area contributed by atoms with Crippen LogP contribution < -0.4 is 10.1 Å². The quantitative estimate of drug-likeness (QED) is 0.661. The van der Waals surface area contributed by atoms with Gasteiger partial charge in [-0.2, -0.15) is 0 Å². The molecule has 3 rings (SSSR count). The Hall–Kier alpha value is -2.86. The number of para-hydroxylation sites is 1. The van der Waals surface area contributed by atoms with Gasteiger partial charge in [-0.25, -0.2) is 9.69 Å². The van der Waals surface area contributed by atoms with Crippen LogP contribution in [0.1, 0.15) is 25.8 Å². The van der Waals surface area contributed by atoms with Crippen LogP contribution >= 0.6 is 0 Å². The fraction of sp³-hybridized carbons (Fsp3) is 0.391. The van der Waals surface area contributed by atoms with Crippen molar-refractivity contribution in [2.75, 3.05) is 26.9 Å². The van der Waals surface area contributed by atoms with Crippen LogP contribution in [-0.2, 0) is 10.3 Å². The van der Waals surface area contributed by atoms with Gasteiger partial charge in [-0.3, -0.25) is 9.69 Å². The van der Waals surface area contributed by atoms with Crippen molar-refractivity contribution in [2.24, 2.45) is 5.92 Å². The van der Waals surface area contributed by atoms with Crippen molar-refractivity contribution >= 4 is 11.9 Å². The molecule has 1 N–H and O–H groups in total. The number of hydrogen-bond donors (Lipinski definition) is 1. The number of hydrogen-bond acceptors (Lipinski definition) is 4. The molecule has 1 saturated heterocycles. The van der Waals surface area contributed by atoms with Gasteiger partial charge in [0.1, 0.15) is 17.9 Å². The van der Waals surface area contributed by atoms with Crippen LogP contribution in [0.5, 0.6) is 5.75 Å². The average molecular weight is 396 g/mol. The molecule has 1 aliphatic rings. The highest BCUT2D eigenvalue weighted by molar-refractivity contribution is 6.07. The Bertz CT molecular complexity index is 826. The van der Waals surface area contributed by atoms with Gasteiger partial charge in [0.05, 0.1) is 6.67 Å². The van der Waals surface area contributed by atoms with Crippen molar-refractivity contribution in [2.45, 2.75) is 25.8 Å². The molecule has 1 fully saturated rings. The van der Waals surface area contributed by atoms with Gasteiger partial charge in [-0.05, 0) is 37.1 Å². The molecular weight excluding hydrogens is 366 g/mol. The Kier molecular flexibility index (Phi) is 6.54. The summed E-state index contributed by atoms with van der Waals surface area (Å²) in [6.07, 6.45) is 0.554. The highest BCUT2D eigenvalue weighted by Crippen LogP contribution is 2.35. The van der Waals surface area contributed by atoms with Crippen LogP contribution in [0.2, 0.25) is 0 Å². The predicted molar refractivity (Wildman–Crippen MR) is 112 cm³/mol. The zero-order valence-electron chi connectivity index (χ0n) is 17.3. The summed E-state index contributed by atoms with van der Waals surface area (Å²) in [6.45, 7) is 5.39. The van der Waals surface area contributed by atoms with Crippen molar-refractivity contribution in [3.63, 3.8) is 0 Å². The summed E-state index contributed by atoms with van der Waals surface area (Å²) in [4.78, 5) is 29.3. The fourth-order valence-corrected chi connectivity index (χ4v) is 3.69. The van der Waals surface area contributed by atoms with Crippen molar-refractivity contribution in [3.8, 4) is 5.75 Å². The van der Waals surface area contributed by atoms with Crippen LogP contribution in [0.25, 0.3) is 0 Å². The molecule has 0 unspecified atom stereocenters. The van der Waals surface area contributed by atoms with Gasteiger partial charge in [0.2, 0.25) is 0 Å². The average Bonchev–Trinajstić information content (AvgIpc) is 2.94. The number of urea groups is 1. The molecule has 2 aromatic rings. The number of likely N-dealkylation sites (N-methyl/N-ethyl adjacent to an activating group) is 1. The Labute approximate surface area is 172 Å². The Morgan fingerprint density at radius 3 is 2.28 bits per heavy atom. The molecule has 0 saturated carbocycles. The number of rotatable bonds is 9. The molecule has 29 heavy (non-hydrogen) atoms. The topological polar surface area (TPSA) is 61.9 Å². The van der Waals surface area contributed by atoms with E-state index < -0.39 is 5.54 Å². The van der Waals surface area contributed by atoms with Crippen LogP contribution in [0, 0.1) is 5.92 Å². The number of nitrogens with zero attached hydrogens (tertiary/aromatic N) is 2. The Morgan fingerprint density at radius 1 is 1.03 bits per heavy atom. The van der Waals surface area contributed by atoms with Crippen LogP contribution in [0.4, 0.5) is 4.79 Å². The van der Waals surface area contributed by atoms with Gasteiger partial charge in [-0.15, -0.1) is 0 Å². The van der Waals surface area contributed by atoms with Crippen LogP contribution in [0.15, 0.2) is 60.7 Å². The molecule has 1 heterocycles. The summed E-state index contributed by atoms with van der Waals surface area (Å²) in [6, 6.07) is 18.7. The Balaban J connectivity index is 1.67. The smallest absolute Gasteiger partial charge is 0.326 e. The molecule has 0 radical (unpaired) electrons. The number of nitrogens with one attached hydrogen (secondary N) is 1. The third-order valence-corrected chi connectivity index (χ3v) is 5.02. The molecule has 0 aromatic heterocycles. The van der Waals surface area contributed by atoms with Crippen molar-refractivity contribution in [3.05, 3.63) is 66.2 Å². The maximum atomic E-state index is 13.4. The van der Waals surface area contributed by atoms with Crippen LogP contribution in [-0.4, -0.2) is 48.6 Å². The van der Waals surface area contributed by atoms with Crippen molar-refractivity contribution in [1.82, 2.24) is 15.1 Å². The lowest BCUT2D eigenvalue weighted by molar-refractivity contribution is -0.133. The fourth-order valence-electron chi connectivity index (χ4n) is 3.69. The van der Waals surface area contributed by atoms with E-state index in [2.05, 4.69) is 19.2 Å². The van der Waals surface area contributed by atoms with E-state index >= 15 is 0 Å². The van der Waals surface area contributed by atoms with E-state index in [1.807, 2.05) is 72.6 Å². The number of benzene rings is 2. The summed E-state index contributed by atoms with van der Waals surface area (Å²) in [5, 5.41) is 2.98. The van der Waals surface area contributed by atoms with E-state index in [9.17, 15) is 9.59 Å². The van der Waals surface area contributed by atoms with E-state index in [0.29, 0.717) is 19.6 Å². The summed E-state index contributed by atoms with van der Waals surface area (Å²) in [7, 11) is 1.87. The minimum absolute atomic E-state index is 0.196. The number of amides is 3. The van der Waals surface area contributed by atoms with E-state index in [-0.39, 0.29) is 24.5 Å². The highest BCUT2D eigenvalue weighted by Gasteiger charge is 2.52. The second kappa shape index (κ2) is 9.09. The van der Waals surface area contributed by atoms with Gasteiger partial charge in [-0.1, -0.05) is 62.4 Å². The molecule has 0 aliphatic carbocycles. The van der Waals surface area contributed by atoms with Gasteiger partial charge < -0.3 is 10.1 Å². The number of carbonyl (C=O) groups is 2. The van der Waals surface area contributed by atoms with Crippen LogP contribution in [0.3, 0.4) is 0 Å². The molecule has 1 aliphatic heterocycles. The van der Waals surface area contributed by atoms with E-state index in [4.69, 9.17) is 4.74 Å². The number of ether oxygens (including phenoxy) is 1. The highest BCUT2D eigenvalue weighted by atomic mass is 16.5. The molecule has 2 aromatic carbocycles. The van der Waals surface area contributed by atoms with Crippen molar-refractivity contribution < 1.29 is 14.3 Å². The number of carbonyl (C=O) groups excluding carboxylic acids is 2. The molecule has 6 nitrogen and oxygen atoms in total. The first-order valence-corrected chi connectivity index (χ1v) is 9.98. The summed E-state index contributed by atoms with van der Waals surface area (Å²) in [5.41, 5.74) is -0.182. The second-order valence-corrected chi connectivity index (χ2v) is 7.92. The monoisotopic (exact) mass is 395 g/mol. The first-order chi connectivity index (χ1) is 13.9. The third-order valence-electron chi connectivity index (χ3n) is 5.02. The zero-order valence-corrected chi connectivity index (χ0v) is 17.3. The van der Waals surface area contributed by atoms with Gasteiger partial charge in [0.25, 0.3) is 5.91 Å². The molecular formula is C23H29N3O3. The molecule has 3 amide bonds. The van der Waals surface area contributed by atoms with E-state index in [1.165, 1.54) is 4.90 Å². The summed E-state index contributed by atoms with van der Waals surface area (Å²) >= 11 is 0. The summed E-state index contributed by atoms with van der Waals surface area (Å²) < 4.78 is 5.71. The second-order valence-electron chi connectivity index (χ2n) is 7.92. The lowest BCUT2D eigenvalue weighted by Gasteiger charge is -2.29. The first-order valence-electron chi connectivity index (χ1n) is 9.98. The third kappa shape index (κ3) is 4.77. The molecule has 6 heteroatoms. The van der Waals surface area contributed by atoms with E-state index in [1.54, 1.807) is 0 Å². The minimum Gasteiger partial charge on any atom is -0.492 e. The van der Waals surface area contributed by atoms with Gasteiger partial charge >= 0.3 is 6.03 Å². The largest absolute Gasteiger partial charge is 0.492 e. The molecule has 0 spiro atoms. The Morgan fingerprint density at radius 2 is 1.66 bits per heavy atom. The zero-order chi connectivity index (χ0) is 20.9. The molecule has 0 bridgehead atoms. The maximum Gasteiger partial charge on any atom is 0.326 e. The standard InChI is InChI=1S/C23H29N3O3/c1-18(2)16-23(19-10-6-4-7-11-19)21(27)26(22(28)24-23)17-25(3)14-15-29-20-12-8-5-9-13-20/h4-13,18H,14-17H2,1-3H3,(H,24,28)/t23-/m0/s1. The van der Waals surface area contributed by atoms with Crippen molar-refractivity contribution in [1.29, 1.82) is 0 Å². The summed E-state index contributed by atoms with van der Waals surface area (Å²) in [5.74, 6) is 0.852. The lowest BCUT2D eigenvalue weighted by atomic mass is 9.82. The first kappa shape index (κ1) is 20.9. The van der Waals surface area contributed by atoms with Gasteiger partial charge in [0, 0.05) is 6.54 Å². The predicted octanol–water partition coefficient (Wildman–Crippen LogP) is 3.45. The normalized spacial score (nSPS) is 19.1. The molecule has 154 valence electrons. The van der Waals surface area contributed by atoms with E-state index in [0.717, 1.165) is 11.3 Å².